The van der Waals surface area contributed by atoms with E-state index in [-0.39, 0.29) is 6.54 Å². The van der Waals surface area contributed by atoms with Gasteiger partial charge in [-0.2, -0.15) is 4.62 Å². The molecule has 7 heteroatoms. The second-order valence-corrected chi connectivity index (χ2v) is 4.42. The van der Waals surface area contributed by atoms with Crippen molar-refractivity contribution in [1.29, 1.82) is 0 Å². The summed E-state index contributed by atoms with van der Waals surface area (Å²) in [5, 5.41) is 3.74. The lowest BCUT2D eigenvalue weighted by Crippen LogP contribution is -2.42. The van der Waals surface area contributed by atoms with Gasteiger partial charge < -0.3 is 5.32 Å². The highest BCUT2D eigenvalue weighted by Crippen LogP contribution is 2.08. The number of para-hydroxylation sites is 1. The quantitative estimate of drug-likeness (QED) is 0.634. The minimum atomic E-state index is -0.549. The molecule has 2 N–H and O–H groups in total. The summed E-state index contributed by atoms with van der Waals surface area (Å²) >= 11 is 0. The number of urea groups is 1. The van der Waals surface area contributed by atoms with Gasteiger partial charge in [0.1, 0.15) is 0 Å². The molecule has 0 unspecified atom stereocenters. The maximum absolute atomic E-state index is 11.8. The van der Waals surface area contributed by atoms with Gasteiger partial charge in [-0.3, -0.25) is 0 Å². The van der Waals surface area contributed by atoms with E-state index in [2.05, 4.69) is 10.7 Å². The molecule has 0 fully saturated rings. The Morgan fingerprint density at radius 2 is 1.67 bits per heavy atom. The summed E-state index contributed by atoms with van der Waals surface area (Å²) in [4.78, 5) is 11.8. The van der Waals surface area contributed by atoms with Crippen LogP contribution in [-0.2, 0) is 15.7 Å². The zero-order chi connectivity index (χ0) is 14.9. The zero-order valence-electron chi connectivity index (χ0n) is 11.1. The molecule has 2 rings (SSSR count). The molecule has 108 valence electrons. The van der Waals surface area contributed by atoms with Gasteiger partial charge in [0, 0.05) is 5.69 Å². The van der Waals surface area contributed by atoms with E-state index in [1.54, 1.807) is 12.1 Å². The van der Waals surface area contributed by atoms with Crippen molar-refractivity contribution >= 4 is 20.4 Å². The number of hydrogen-bond acceptors (Lipinski definition) is 4. The van der Waals surface area contributed by atoms with Crippen LogP contribution in [0.25, 0.3) is 0 Å². The Hall–Kier alpha value is -2.27. The van der Waals surface area contributed by atoms with Crippen LogP contribution in [0, 0.1) is 0 Å². The molecule has 0 aliphatic rings. The van der Waals surface area contributed by atoms with Crippen molar-refractivity contribution in [3.05, 3.63) is 66.2 Å². The topological polar surface area (TPSA) is 70.7 Å². The van der Waals surface area contributed by atoms with Crippen molar-refractivity contribution in [2.75, 3.05) is 5.32 Å². The smallest absolute Gasteiger partial charge is 0.307 e. The van der Waals surface area contributed by atoms with Gasteiger partial charge in [0.05, 0.1) is 6.54 Å². The molecule has 0 spiro atoms. The number of amides is 2. The van der Waals surface area contributed by atoms with Crippen LogP contribution in [0.3, 0.4) is 0 Å². The Labute approximate surface area is 123 Å². The monoisotopic (exact) mass is 303 g/mol. The first-order chi connectivity index (χ1) is 10.3. The third kappa shape index (κ3) is 5.31. The molecule has 0 atom stereocenters. The number of anilines is 1. The first kappa shape index (κ1) is 15.1. The summed E-state index contributed by atoms with van der Waals surface area (Å²) in [5.74, 6) is 0. The van der Waals surface area contributed by atoms with Crippen LogP contribution in [0.4, 0.5) is 10.5 Å². The molecule has 0 aliphatic carbocycles. The predicted octanol–water partition coefficient (Wildman–Crippen LogP) is 3.36. The number of hydrazine groups is 1. The minimum absolute atomic E-state index is 0.262. The molecule has 0 bridgehead atoms. The molecule has 0 aromatic heterocycles. The van der Waals surface area contributed by atoms with E-state index in [1.807, 2.05) is 48.5 Å². The number of hydrogen-bond donors (Lipinski definition) is 2. The van der Waals surface area contributed by atoms with Crippen molar-refractivity contribution < 1.29 is 14.0 Å². The van der Waals surface area contributed by atoms with E-state index < -0.39 is 14.7 Å². The maximum atomic E-state index is 11.8. The molecular formula is C14H14N3O3P. The molecule has 2 aromatic rings. The van der Waals surface area contributed by atoms with Gasteiger partial charge in [-0.05, 0) is 17.7 Å². The second-order valence-electron chi connectivity index (χ2n) is 4.11. The SMILES string of the molecule is O=PON(Cc1ccccc1)NC(=O)Nc1ccccc1. The van der Waals surface area contributed by atoms with Gasteiger partial charge in [-0.1, -0.05) is 53.7 Å². The van der Waals surface area contributed by atoms with Crippen LogP contribution in [-0.4, -0.2) is 11.2 Å². The summed E-state index contributed by atoms with van der Waals surface area (Å²) in [6.45, 7) is 0.262. The number of carbonyl (C=O) groups is 1. The molecule has 6 nitrogen and oxygen atoms in total. The molecule has 0 saturated carbocycles. The van der Waals surface area contributed by atoms with Crippen molar-refractivity contribution in [2.45, 2.75) is 6.54 Å². The molecule has 0 radical (unpaired) electrons. The molecule has 2 amide bonds. The fraction of sp³-hybridized carbons (Fsp3) is 0.0714. The Bertz CT molecular complexity index is 581. The lowest BCUT2D eigenvalue weighted by molar-refractivity contribution is -0.0877. The number of hydroxylamine groups is 1. The fourth-order valence-corrected chi connectivity index (χ4v) is 1.85. The largest absolute Gasteiger partial charge is 0.348 e. The lowest BCUT2D eigenvalue weighted by atomic mass is 10.2. The standard InChI is InChI=1S/C14H14N3O3P/c18-14(15-13-9-5-2-6-10-13)16-17(20-21-19)11-12-7-3-1-4-8-12/h1-10H,11H2,(H2,15,16,18). The molecular weight excluding hydrogens is 289 g/mol. The third-order valence-corrected chi connectivity index (χ3v) is 2.82. The van der Waals surface area contributed by atoms with Gasteiger partial charge >= 0.3 is 14.7 Å². The average molecular weight is 303 g/mol. The summed E-state index contributed by atoms with van der Waals surface area (Å²) in [6.07, 6.45) is 0. The summed E-state index contributed by atoms with van der Waals surface area (Å²) in [6, 6.07) is 17.9. The fourth-order valence-electron chi connectivity index (χ4n) is 1.67. The third-order valence-electron chi connectivity index (χ3n) is 2.56. The van der Waals surface area contributed by atoms with Gasteiger partial charge in [-0.15, -0.1) is 0 Å². The highest BCUT2D eigenvalue weighted by atomic mass is 31.1. The van der Waals surface area contributed by atoms with E-state index in [0.717, 1.165) is 10.7 Å². The number of carbonyl (C=O) groups excluding carboxylic acids is 1. The van der Waals surface area contributed by atoms with Crippen LogP contribution in [0.15, 0.2) is 60.7 Å². The number of nitrogens with zero attached hydrogens (tertiary/aromatic N) is 1. The van der Waals surface area contributed by atoms with Crippen molar-refractivity contribution in [3.8, 4) is 0 Å². The Balaban J connectivity index is 1.93. The Morgan fingerprint density at radius 3 is 2.29 bits per heavy atom. The summed E-state index contributed by atoms with van der Waals surface area (Å²) < 4.78 is 15.4. The molecule has 0 heterocycles. The van der Waals surface area contributed by atoms with Crippen LogP contribution in [0.2, 0.25) is 0 Å². The molecule has 21 heavy (non-hydrogen) atoms. The second kappa shape index (κ2) is 8.11. The van der Waals surface area contributed by atoms with Crippen LogP contribution >= 0.6 is 8.69 Å². The van der Waals surface area contributed by atoms with Gasteiger partial charge in [-0.25, -0.2) is 14.8 Å². The average Bonchev–Trinajstić information content (AvgIpc) is 2.49. The first-order valence-electron chi connectivity index (χ1n) is 6.22. The van der Waals surface area contributed by atoms with E-state index >= 15 is 0 Å². The highest BCUT2D eigenvalue weighted by Gasteiger charge is 2.11. The van der Waals surface area contributed by atoms with Gasteiger partial charge in [0.25, 0.3) is 0 Å². The van der Waals surface area contributed by atoms with Crippen LogP contribution < -0.4 is 10.7 Å². The van der Waals surface area contributed by atoms with Crippen molar-refractivity contribution in [1.82, 2.24) is 10.6 Å². The van der Waals surface area contributed by atoms with Crippen LogP contribution in [0.5, 0.6) is 0 Å². The molecule has 0 saturated heterocycles. The number of rotatable bonds is 6. The minimum Gasteiger partial charge on any atom is -0.307 e. The van der Waals surface area contributed by atoms with E-state index in [0.29, 0.717) is 5.69 Å². The summed E-state index contributed by atoms with van der Waals surface area (Å²) in [7, 11) is -0.549. The van der Waals surface area contributed by atoms with Gasteiger partial charge in [0.15, 0.2) is 0 Å². The molecule has 2 aromatic carbocycles. The Kier molecular flexibility index (Phi) is 5.84. The maximum Gasteiger partial charge on any atom is 0.348 e. The van der Waals surface area contributed by atoms with E-state index in [9.17, 15) is 9.36 Å². The first-order valence-corrected chi connectivity index (χ1v) is 6.95. The highest BCUT2D eigenvalue weighted by molar-refractivity contribution is 7.17. The van der Waals surface area contributed by atoms with Crippen molar-refractivity contribution in [2.24, 2.45) is 0 Å². The summed E-state index contributed by atoms with van der Waals surface area (Å²) in [5.41, 5.74) is 4.02. The zero-order valence-corrected chi connectivity index (χ0v) is 12.0. The van der Waals surface area contributed by atoms with E-state index in [4.69, 9.17) is 4.62 Å². The number of nitrogens with one attached hydrogen (secondary N) is 2. The normalized spacial score (nSPS) is 10.5. The Morgan fingerprint density at radius 1 is 1.05 bits per heavy atom. The lowest BCUT2D eigenvalue weighted by Gasteiger charge is -2.18. The van der Waals surface area contributed by atoms with Crippen molar-refractivity contribution in [3.63, 3.8) is 0 Å². The number of benzene rings is 2. The van der Waals surface area contributed by atoms with E-state index in [1.165, 1.54) is 0 Å². The molecule has 0 aliphatic heterocycles. The van der Waals surface area contributed by atoms with Gasteiger partial charge in [0.2, 0.25) is 0 Å². The van der Waals surface area contributed by atoms with Crippen LogP contribution in [0.1, 0.15) is 5.56 Å². The predicted molar refractivity (Wildman–Crippen MR) is 79.3 cm³/mol.